The third-order valence-corrected chi connectivity index (χ3v) is 3.92. The molecular weight excluding hydrogens is 328 g/mol. The van der Waals surface area contributed by atoms with E-state index in [1.165, 1.54) is 13.1 Å². The Hall–Kier alpha value is -2.40. The molecule has 0 fully saturated rings. The lowest BCUT2D eigenvalue weighted by atomic mass is 10.0. The van der Waals surface area contributed by atoms with Gasteiger partial charge >= 0.3 is 5.97 Å². The Morgan fingerprint density at radius 3 is 2.67 bits per heavy atom. The van der Waals surface area contributed by atoms with E-state index in [1.807, 2.05) is 32.0 Å². The number of nitrogens with one attached hydrogen (secondary N) is 1. The van der Waals surface area contributed by atoms with E-state index in [2.05, 4.69) is 10.3 Å². The van der Waals surface area contributed by atoms with E-state index in [0.717, 1.165) is 16.7 Å². The molecule has 0 aliphatic rings. The average Bonchev–Trinajstić information content (AvgIpc) is 2.53. The minimum absolute atomic E-state index is 0.117. The number of aromatic nitrogens is 1. The molecule has 126 valence electrons. The zero-order chi connectivity index (χ0) is 17.7. The summed E-state index contributed by atoms with van der Waals surface area (Å²) in [7, 11) is 0. The lowest BCUT2D eigenvalue weighted by molar-refractivity contribution is -0.152. The van der Waals surface area contributed by atoms with E-state index in [9.17, 15) is 9.59 Å². The molecule has 0 unspecified atom stereocenters. The lowest BCUT2D eigenvalue weighted by Gasteiger charge is -2.14. The highest BCUT2D eigenvalue weighted by Crippen LogP contribution is 2.18. The van der Waals surface area contributed by atoms with Crippen molar-refractivity contribution in [1.29, 1.82) is 0 Å². The van der Waals surface area contributed by atoms with Crippen LogP contribution in [0.25, 0.3) is 0 Å². The first-order valence-corrected chi connectivity index (χ1v) is 7.91. The molecule has 1 heterocycles. The Morgan fingerprint density at radius 1 is 1.25 bits per heavy atom. The molecule has 1 atom stereocenters. The fourth-order valence-corrected chi connectivity index (χ4v) is 2.25. The van der Waals surface area contributed by atoms with Gasteiger partial charge in [0.1, 0.15) is 0 Å². The number of aryl methyl sites for hydroxylation is 2. The molecule has 2 rings (SSSR count). The van der Waals surface area contributed by atoms with Gasteiger partial charge in [0.05, 0.1) is 12.1 Å². The van der Waals surface area contributed by atoms with Crippen LogP contribution in [0.3, 0.4) is 0 Å². The molecule has 0 spiro atoms. The van der Waals surface area contributed by atoms with Crippen molar-refractivity contribution < 1.29 is 14.3 Å². The number of ether oxygens (including phenoxy) is 1. The summed E-state index contributed by atoms with van der Waals surface area (Å²) in [5.74, 6) is -0.920. The first kappa shape index (κ1) is 17.9. The fraction of sp³-hybridized carbons (Fsp3) is 0.278. The highest BCUT2D eigenvalue weighted by molar-refractivity contribution is 6.32. The molecule has 0 radical (unpaired) electrons. The van der Waals surface area contributed by atoms with Gasteiger partial charge in [-0.05, 0) is 49.6 Å². The second kappa shape index (κ2) is 7.93. The van der Waals surface area contributed by atoms with Gasteiger partial charge in [-0.3, -0.25) is 9.59 Å². The Bertz CT molecular complexity index is 762. The molecular formula is C18H19ClN2O3. The maximum atomic E-state index is 12.1. The number of hydrogen-bond acceptors (Lipinski definition) is 4. The van der Waals surface area contributed by atoms with Crippen LogP contribution in [0.2, 0.25) is 5.15 Å². The van der Waals surface area contributed by atoms with Gasteiger partial charge in [-0.1, -0.05) is 29.8 Å². The summed E-state index contributed by atoms with van der Waals surface area (Å²) >= 11 is 5.88. The van der Waals surface area contributed by atoms with Crippen LogP contribution in [0.15, 0.2) is 36.5 Å². The normalized spacial score (nSPS) is 11.7. The summed E-state index contributed by atoms with van der Waals surface area (Å²) in [6.07, 6.45) is 0.706. The maximum absolute atomic E-state index is 12.1. The second-order valence-corrected chi connectivity index (χ2v) is 5.92. The predicted molar refractivity (Wildman–Crippen MR) is 93.1 cm³/mol. The summed E-state index contributed by atoms with van der Waals surface area (Å²) < 4.78 is 5.18. The fourth-order valence-electron chi connectivity index (χ4n) is 2.09. The van der Waals surface area contributed by atoms with E-state index in [1.54, 1.807) is 12.1 Å². The number of nitrogens with zero attached hydrogens (tertiary/aromatic N) is 1. The van der Waals surface area contributed by atoms with Crippen molar-refractivity contribution in [3.8, 4) is 0 Å². The van der Waals surface area contributed by atoms with E-state index in [0.29, 0.717) is 5.69 Å². The topological polar surface area (TPSA) is 68.3 Å². The van der Waals surface area contributed by atoms with E-state index in [4.69, 9.17) is 16.3 Å². The zero-order valence-corrected chi connectivity index (χ0v) is 14.6. The van der Waals surface area contributed by atoms with Crippen LogP contribution >= 0.6 is 11.6 Å². The third-order valence-electron chi connectivity index (χ3n) is 3.61. The van der Waals surface area contributed by atoms with Crippen LogP contribution in [-0.4, -0.2) is 23.0 Å². The van der Waals surface area contributed by atoms with Crippen molar-refractivity contribution in [2.45, 2.75) is 33.3 Å². The molecule has 1 aromatic carbocycles. The molecule has 5 nitrogen and oxygen atoms in total. The molecule has 0 saturated heterocycles. The van der Waals surface area contributed by atoms with Crippen LogP contribution in [0.4, 0.5) is 5.69 Å². The largest absolute Gasteiger partial charge is 0.452 e. The van der Waals surface area contributed by atoms with Gasteiger partial charge in [-0.2, -0.15) is 0 Å². The number of anilines is 1. The first-order valence-electron chi connectivity index (χ1n) is 7.54. The molecule has 0 bridgehead atoms. The summed E-state index contributed by atoms with van der Waals surface area (Å²) in [6.45, 7) is 5.50. The van der Waals surface area contributed by atoms with Crippen LogP contribution < -0.4 is 5.32 Å². The van der Waals surface area contributed by atoms with Gasteiger partial charge in [-0.25, -0.2) is 4.98 Å². The standard InChI is InChI=1S/C18H19ClN2O3/c1-11-6-7-14(9-12(11)2)10-16(22)24-13(3)18(23)21-15-5-4-8-20-17(15)19/h4-9,13H,10H2,1-3H3,(H,21,23)/t13-/m1/s1. The number of pyridine rings is 1. The van der Waals surface area contributed by atoms with Crippen molar-refractivity contribution in [3.05, 3.63) is 58.4 Å². The van der Waals surface area contributed by atoms with Gasteiger partial charge in [0, 0.05) is 6.20 Å². The quantitative estimate of drug-likeness (QED) is 0.665. The lowest BCUT2D eigenvalue weighted by Crippen LogP contribution is -2.30. The molecule has 2 aromatic rings. The minimum atomic E-state index is -0.930. The molecule has 0 aliphatic heterocycles. The molecule has 1 N–H and O–H groups in total. The number of halogens is 1. The van der Waals surface area contributed by atoms with Crippen LogP contribution in [0, 0.1) is 13.8 Å². The Kier molecular flexibility index (Phi) is 5.93. The molecule has 1 amide bonds. The average molecular weight is 347 g/mol. The molecule has 0 aliphatic carbocycles. The second-order valence-electron chi connectivity index (χ2n) is 5.56. The number of carbonyl (C=O) groups is 2. The highest BCUT2D eigenvalue weighted by atomic mass is 35.5. The SMILES string of the molecule is Cc1ccc(CC(=O)O[C@H](C)C(=O)Nc2cccnc2Cl)cc1C. The van der Waals surface area contributed by atoms with Crippen LogP contribution in [0.1, 0.15) is 23.6 Å². The summed E-state index contributed by atoms with van der Waals surface area (Å²) in [5.41, 5.74) is 3.50. The molecule has 24 heavy (non-hydrogen) atoms. The minimum Gasteiger partial charge on any atom is -0.452 e. The van der Waals surface area contributed by atoms with Gasteiger partial charge < -0.3 is 10.1 Å². The number of carbonyl (C=O) groups excluding carboxylic acids is 2. The molecule has 0 saturated carbocycles. The predicted octanol–water partition coefficient (Wildman–Crippen LogP) is 3.46. The number of rotatable bonds is 5. The highest BCUT2D eigenvalue weighted by Gasteiger charge is 2.19. The van der Waals surface area contributed by atoms with Crippen LogP contribution in [0.5, 0.6) is 0 Å². The monoisotopic (exact) mass is 346 g/mol. The number of hydrogen-bond donors (Lipinski definition) is 1. The summed E-state index contributed by atoms with van der Waals surface area (Å²) in [6, 6.07) is 9.05. The first-order chi connectivity index (χ1) is 11.4. The van der Waals surface area contributed by atoms with Gasteiger partial charge in [-0.15, -0.1) is 0 Å². The van der Waals surface area contributed by atoms with Crippen molar-refractivity contribution >= 4 is 29.2 Å². The molecule has 1 aromatic heterocycles. The van der Waals surface area contributed by atoms with Crippen molar-refractivity contribution in [2.75, 3.05) is 5.32 Å². The maximum Gasteiger partial charge on any atom is 0.311 e. The van der Waals surface area contributed by atoms with E-state index >= 15 is 0 Å². The van der Waals surface area contributed by atoms with Gasteiger partial charge in [0.15, 0.2) is 11.3 Å². The Morgan fingerprint density at radius 2 is 2.00 bits per heavy atom. The van der Waals surface area contributed by atoms with Crippen molar-refractivity contribution in [2.24, 2.45) is 0 Å². The number of amides is 1. The van der Waals surface area contributed by atoms with Crippen molar-refractivity contribution in [1.82, 2.24) is 4.98 Å². The van der Waals surface area contributed by atoms with Crippen molar-refractivity contribution in [3.63, 3.8) is 0 Å². The van der Waals surface area contributed by atoms with Gasteiger partial charge in [0.2, 0.25) is 0 Å². The van der Waals surface area contributed by atoms with E-state index < -0.39 is 18.0 Å². The Labute approximate surface area is 146 Å². The number of benzene rings is 1. The summed E-state index contributed by atoms with van der Waals surface area (Å²) in [5, 5.41) is 2.77. The zero-order valence-electron chi connectivity index (χ0n) is 13.8. The summed E-state index contributed by atoms with van der Waals surface area (Å²) in [4.78, 5) is 27.9. The third kappa shape index (κ3) is 4.80. The van der Waals surface area contributed by atoms with E-state index in [-0.39, 0.29) is 11.6 Å². The smallest absolute Gasteiger partial charge is 0.311 e. The van der Waals surface area contributed by atoms with Gasteiger partial charge in [0.25, 0.3) is 5.91 Å². The van der Waals surface area contributed by atoms with Crippen LogP contribution in [-0.2, 0) is 20.7 Å². The molecule has 6 heteroatoms. The Balaban J connectivity index is 1.92. The number of esters is 1.